The molecule has 1 saturated heterocycles. The predicted molar refractivity (Wildman–Crippen MR) is 115 cm³/mol. The molecule has 7 heteroatoms. The third-order valence-electron chi connectivity index (χ3n) is 4.55. The van der Waals surface area contributed by atoms with Crippen LogP contribution in [0.2, 0.25) is 5.02 Å². The first kappa shape index (κ1) is 19.5. The molecule has 0 aliphatic carbocycles. The topological polar surface area (TPSA) is 49.4 Å². The Balaban J connectivity index is 1.54. The number of hydrogen-bond acceptors (Lipinski definition) is 3. The van der Waals surface area contributed by atoms with Gasteiger partial charge in [-0.25, -0.2) is 4.39 Å². The summed E-state index contributed by atoms with van der Waals surface area (Å²) in [4.78, 5) is 26.3. The number of amides is 2. The number of halogens is 2. The van der Waals surface area contributed by atoms with E-state index >= 15 is 0 Å². The van der Waals surface area contributed by atoms with E-state index in [1.54, 1.807) is 54.6 Å². The molecule has 0 radical (unpaired) electrons. The molecule has 2 amide bonds. The van der Waals surface area contributed by atoms with E-state index in [2.05, 4.69) is 5.32 Å². The zero-order valence-corrected chi connectivity index (χ0v) is 16.7. The van der Waals surface area contributed by atoms with Gasteiger partial charge in [0.05, 0.1) is 22.0 Å². The molecule has 0 spiro atoms. The van der Waals surface area contributed by atoms with Crippen LogP contribution in [0.15, 0.2) is 72.8 Å². The lowest BCUT2D eigenvalue weighted by Gasteiger charge is -2.24. The predicted octanol–water partition coefficient (Wildman–Crippen LogP) is 5.51. The van der Waals surface area contributed by atoms with Gasteiger partial charge < -0.3 is 5.32 Å². The fourth-order valence-electron chi connectivity index (χ4n) is 3.15. The summed E-state index contributed by atoms with van der Waals surface area (Å²) in [6.07, 6.45) is 0. The Bertz CT molecular complexity index is 1070. The van der Waals surface area contributed by atoms with Gasteiger partial charge in [-0.3, -0.25) is 14.5 Å². The molecule has 0 unspecified atom stereocenters. The molecule has 0 bridgehead atoms. The van der Waals surface area contributed by atoms with Gasteiger partial charge in [0.15, 0.2) is 0 Å². The van der Waals surface area contributed by atoms with Crippen molar-refractivity contribution in [2.75, 3.05) is 16.0 Å². The Morgan fingerprint density at radius 1 is 1.03 bits per heavy atom. The molecule has 0 saturated carbocycles. The van der Waals surface area contributed by atoms with Crippen LogP contribution in [0.3, 0.4) is 0 Å². The van der Waals surface area contributed by atoms with Gasteiger partial charge in [-0.1, -0.05) is 48.0 Å². The summed E-state index contributed by atoms with van der Waals surface area (Å²) in [6.45, 7) is 0. The molecule has 146 valence electrons. The maximum absolute atomic E-state index is 14.2. The number of nitrogens with one attached hydrogen (secondary N) is 1. The van der Waals surface area contributed by atoms with Crippen LogP contribution < -0.4 is 10.2 Å². The summed E-state index contributed by atoms with van der Waals surface area (Å²) in [6, 6.07) is 20.2. The van der Waals surface area contributed by atoms with Crippen LogP contribution in [0.4, 0.5) is 15.8 Å². The number of nitrogens with zero attached hydrogens (tertiary/aromatic N) is 1. The van der Waals surface area contributed by atoms with E-state index in [4.69, 9.17) is 11.6 Å². The minimum atomic E-state index is -0.433. The Morgan fingerprint density at radius 3 is 2.45 bits per heavy atom. The van der Waals surface area contributed by atoms with Crippen LogP contribution in [0.25, 0.3) is 0 Å². The summed E-state index contributed by atoms with van der Waals surface area (Å²) >= 11 is 7.50. The second kappa shape index (κ2) is 8.27. The van der Waals surface area contributed by atoms with Crippen molar-refractivity contribution < 1.29 is 14.0 Å². The highest BCUT2D eigenvalue weighted by Gasteiger charge is 2.35. The summed E-state index contributed by atoms with van der Waals surface area (Å²) in [5.41, 5.74) is 2.11. The number of thioether (sulfide) groups is 1. The number of rotatable bonds is 4. The van der Waals surface area contributed by atoms with Crippen LogP contribution >= 0.6 is 23.4 Å². The van der Waals surface area contributed by atoms with Crippen molar-refractivity contribution in [3.63, 3.8) is 0 Å². The van der Waals surface area contributed by atoms with E-state index in [0.29, 0.717) is 16.3 Å². The normalized spacial score (nSPS) is 16.1. The summed E-state index contributed by atoms with van der Waals surface area (Å²) in [7, 11) is 0. The van der Waals surface area contributed by atoms with E-state index in [-0.39, 0.29) is 28.6 Å². The molecule has 0 aromatic heterocycles. The molecule has 1 fully saturated rings. The quantitative estimate of drug-likeness (QED) is 0.598. The maximum atomic E-state index is 14.2. The van der Waals surface area contributed by atoms with Crippen LogP contribution in [-0.4, -0.2) is 17.6 Å². The lowest BCUT2D eigenvalue weighted by molar-refractivity contribution is -0.115. The van der Waals surface area contributed by atoms with Gasteiger partial charge in [-0.05, 0) is 42.0 Å². The molecule has 1 heterocycles. The van der Waals surface area contributed by atoms with Crippen LogP contribution in [0.5, 0.6) is 0 Å². The lowest BCUT2D eigenvalue weighted by atomic mass is 10.1. The first-order valence-corrected chi connectivity index (χ1v) is 10.3. The smallest absolute Gasteiger partial charge is 0.257 e. The fraction of sp³-hybridized carbons (Fsp3) is 0.0909. The lowest BCUT2D eigenvalue weighted by Crippen LogP contribution is -2.28. The summed E-state index contributed by atoms with van der Waals surface area (Å²) in [5.74, 6) is -0.593. The highest BCUT2D eigenvalue weighted by Crippen LogP contribution is 2.42. The van der Waals surface area contributed by atoms with Gasteiger partial charge in [-0.2, -0.15) is 0 Å². The van der Waals surface area contributed by atoms with Crippen LogP contribution in [-0.2, 0) is 4.79 Å². The van der Waals surface area contributed by atoms with Crippen molar-refractivity contribution >= 4 is 46.6 Å². The maximum Gasteiger partial charge on any atom is 0.257 e. The van der Waals surface area contributed by atoms with Crippen molar-refractivity contribution in [1.82, 2.24) is 0 Å². The van der Waals surface area contributed by atoms with Crippen LogP contribution in [0, 0.1) is 5.82 Å². The Morgan fingerprint density at radius 2 is 1.72 bits per heavy atom. The molecular weight excluding hydrogens is 411 g/mol. The molecule has 29 heavy (non-hydrogen) atoms. The average molecular weight is 427 g/mol. The molecule has 4 nitrogen and oxygen atoms in total. The Labute approximate surface area is 176 Å². The van der Waals surface area contributed by atoms with Gasteiger partial charge in [0.25, 0.3) is 5.91 Å². The SMILES string of the molecule is O=C(Nc1ccc([C@H]2SCC(=O)N2c2ccccc2F)cc1)c1ccccc1Cl. The largest absolute Gasteiger partial charge is 0.322 e. The standard InChI is InChI=1S/C22H16ClFN2O2S/c23-17-6-2-1-5-16(17)21(28)25-15-11-9-14(10-12-15)22-26(20(27)13-29-22)19-8-4-3-7-18(19)24/h1-12,22H,13H2,(H,25,28)/t22-/m1/s1. The number of carbonyl (C=O) groups excluding carboxylic acids is 2. The summed E-state index contributed by atoms with van der Waals surface area (Å²) < 4.78 is 14.2. The van der Waals surface area contributed by atoms with Crippen LogP contribution in [0.1, 0.15) is 21.3 Å². The molecule has 1 atom stereocenters. The zero-order valence-electron chi connectivity index (χ0n) is 15.1. The molecule has 3 aromatic rings. The van der Waals surface area contributed by atoms with E-state index in [1.165, 1.54) is 22.7 Å². The van der Waals surface area contributed by atoms with Crippen molar-refractivity contribution in [3.8, 4) is 0 Å². The zero-order chi connectivity index (χ0) is 20.4. The minimum Gasteiger partial charge on any atom is -0.322 e. The number of anilines is 2. The van der Waals surface area contributed by atoms with Crippen molar-refractivity contribution in [3.05, 3.63) is 94.8 Å². The Kier molecular flexibility index (Phi) is 5.56. The Hall–Kier alpha value is -2.83. The number of para-hydroxylation sites is 1. The van der Waals surface area contributed by atoms with E-state index in [0.717, 1.165) is 5.56 Å². The second-order valence-corrected chi connectivity index (χ2v) is 7.91. The molecule has 1 N–H and O–H groups in total. The van der Waals surface area contributed by atoms with E-state index < -0.39 is 5.82 Å². The summed E-state index contributed by atoms with van der Waals surface area (Å²) in [5, 5.41) is 2.86. The highest BCUT2D eigenvalue weighted by molar-refractivity contribution is 8.00. The van der Waals surface area contributed by atoms with Crippen molar-refractivity contribution in [2.45, 2.75) is 5.37 Å². The third-order valence-corrected chi connectivity index (χ3v) is 6.09. The molecule has 1 aliphatic rings. The molecular formula is C22H16ClFN2O2S. The second-order valence-electron chi connectivity index (χ2n) is 6.43. The highest BCUT2D eigenvalue weighted by atomic mass is 35.5. The van der Waals surface area contributed by atoms with E-state index in [1.807, 2.05) is 12.1 Å². The number of hydrogen-bond donors (Lipinski definition) is 1. The van der Waals surface area contributed by atoms with Gasteiger partial charge >= 0.3 is 0 Å². The van der Waals surface area contributed by atoms with Crippen molar-refractivity contribution in [2.24, 2.45) is 0 Å². The molecule has 3 aromatic carbocycles. The minimum absolute atomic E-state index is 0.138. The van der Waals surface area contributed by atoms with Gasteiger partial charge in [0.2, 0.25) is 5.91 Å². The van der Waals surface area contributed by atoms with Gasteiger partial charge in [0, 0.05) is 5.69 Å². The molecule has 1 aliphatic heterocycles. The average Bonchev–Trinajstić information content (AvgIpc) is 3.10. The third kappa shape index (κ3) is 3.99. The van der Waals surface area contributed by atoms with E-state index in [9.17, 15) is 14.0 Å². The number of benzene rings is 3. The first-order chi connectivity index (χ1) is 14.0. The van der Waals surface area contributed by atoms with Gasteiger partial charge in [-0.15, -0.1) is 11.8 Å². The molecule has 4 rings (SSSR count). The fourth-order valence-corrected chi connectivity index (χ4v) is 4.54. The number of carbonyl (C=O) groups is 2. The first-order valence-electron chi connectivity index (χ1n) is 8.88. The van der Waals surface area contributed by atoms with Crippen molar-refractivity contribution in [1.29, 1.82) is 0 Å². The monoisotopic (exact) mass is 426 g/mol. The van der Waals surface area contributed by atoms with Gasteiger partial charge in [0.1, 0.15) is 11.2 Å².